The summed E-state index contributed by atoms with van der Waals surface area (Å²) >= 11 is 4.49. The van der Waals surface area contributed by atoms with Gasteiger partial charge in [0, 0.05) is 22.0 Å². The van der Waals surface area contributed by atoms with Crippen LogP contribution in [0.3, 0.4) is 0 Å². The number of rotatable bonds is 1. The van der Waals surface area contributed by atoms with Crippen molar-refractivity contribution in [2.24, 2.45) is 0 Å². The summed E-state index contributed by atoms with van der Waals surface area (Å²) in [6, 6.07) is 3.88. The van der Waals surface area contributed by atoms with Crippen molar-refractivity contribution in [1.29, 1.82) is 0 Å². The van der Waals surface area contributed by atoms with E-state index < -0.39 is 0 Å². The fourth-order valence-electron chi connectivity index (χ4n) is 1.08. The molecule has 2 rings (SSSR count). The number of hydrogen-bond donors (Lipinski definition) is 0. The molecule has 0 amide bonds. The molecule has 0 aliphatic rings. The molecule has 5 heteroatoms. The highest BCUT2D eigenvalue weighted by Crippen LogP contribution is 2.19. The third-order valence-electron chi connectivity index (χ3n) is 1.71. The van der Waals surface area contributed by atoms with E-state index in [1.165, 1.54) is 0 Å². The Bertz CT molecular complexity index is 416. The van der Waals surface area contributed by atoms with Gasteiger partial charge >= 0.3 is 5.82 Å². The van der Waals surface area contributed by atoms with Gasteiger partial charge in [0.1, 0.15) is 18.0 Å². The third kappa shape index (κ3) is 2.02. The molecular weight excluding hydrogens is 404 g/mol. The van der Waals surface area contributed by atoms with Crippen molar-refractivity contribution in [3.8, 4) is 11.4 Å². The zero-order valence-electron chi connectivity index (χ0n) is 7.06. The molecule has 0 unspecified atom stereocenters. The van der Waals surface area contributed by atoms with Crippen LogP contribution in [-0.2, 0) is 0 Å². The second-order valence-electron chi connectivity index (χ2n) is 2.61. The summed E-state index contributed by atoms with van der Waals surface area (Å²) in [5.41, 5.74) is 1.06. The van der Waals surface area contributed by atoms with Crippen molar-refractivity contribution in [2.45, 2.75) is 0 Å². The lowest BCUT2D eigenvalue weighted by Gasteiger charge is -1.97. The lowest BCUT2D eigenvalue weighted by molar-refractivity contribution is -0.431. The molecule has 3 nitrogen and oxygen atoms in total. The van der Waals surface area contributed by atoms with Gasteiger partial charge in [0.2, 0.25) is 22.9 Å². The molecule has 0 radical (unpaired) electrons. The minimum absolute atomic E-state index is 0.922. The van der Waals surface area contributed by atoms with Crippen molar-refractivity contribution in [3.63, 3.8) is 0 Å². The number of pyridine rings is 1. The molecule has 2 aromatic rings. The zero-order chi connectivity index (χ0) is 9.97. The second kappa shape index (κ2) is 4.47. The van der Waals surface area contributed by atoms with Gasteiger partial charge in [-0.3, -0.25) is 4.98 Å². The molecule has 0 saturated carbocycles. The largest absolute Gasteiger partial charge is 0.341 e. The van der Waals surface area contributed by atoms with E-state index in [4.69, 9.17) is 0 Å². The lowest BCUT2D eigenvalue weighted by atomic mass is 10.3. The number of aromatic nitrogens is 3. The van der Waals surface area contributed by atoms with Gasteiger partial charge in [-0.15, -0.1) is 0 Å². The first kappa shape index (κ1) is 10.2. The van der Waals surface area contributed by atoms with E-state index in [0.29, 0.717) is 0 Å². The number of hydrogen-bond acceptors (Lipinski definition) is 2. The molecule has 0 spiro atoms. The SMILES string of the molecule is Ic1ccncc1-c1nccc[n+]1I. The monoisotopic (exact) mass is 410 g/mol. The van der Waals surface area contributed by atoms with Crippen LogP contribution in [-0.4, -0.2) is 9.97 Å². The molecule has 0 bridgehead atoms. The van der Waals surface area contributed by atoms with Gasteiger partial charge < -0.3 is 0 Å². The summed E-state index contributed by atoms with van der Waals surface area (Å²) in [5, 5.41) is 0. The average molecular weight is 410 g/mol. The fourth-order valence-corrected chi connectivity index (χ4v) is 2.19. The normalized spacial score (nSPS) is 10.1. The van der Waals surface area contributed by atoms with Crippen LogP contribution in [0.25, 0.3) is 11.4 Å². The minimum atomic E-state index is 0.922. The minimum Gasteiger partial charge on any atom is -0.264 e. The zero-order valence-corrected chi connectivity index (χ0v) is 11.4. The molecule has 0 saturated heterocycles. The van der Waals surface area contributed by atoms with E-state index in [-0.39, 0.29) is 0 Å². The quantitative estimate of drug-likeness (QED) is 0.676. The Balaban J connectivity index is 2.61. The maximum atomic E-state index is 4.32. The van der Waals surface area contributed by atoms with Crippen LogP contribution < -0.4 is 2.78 Å². The van der Waals surface area contributed by atoms with Crippen molar-refractivity contribution >= 4 is 45.5 Å². The molecule has 70 valence electrons. The Morgan fingerprint density at radius 3 is 2.86 bits per heavy atom. The average Bonchev–Trinajstić information content (AvgIpc) is 2.20. The van der Waals surface area contributed by atoms with E-state index in [1.54, 1.807) is 12.4 Å². The molecule has 14 heavy (non-hydrogen) atoms. The first-order chi connectivity index (χ1) is 6.79. The van der Waals surface area contributed by atoms with Gasteiger partial charge in [-0.25, -0.2) is 0 Å². The van der Waals surface area contributed by atoms with Crippen molar-refractivity contribution in [1.82, 2.24) is 9.97 Å². The summed E-state index contributed by atoms with van der Waals surface area (Å²) in [5.74, 6) is 0.922. The summed E-state index contributed by atoms with van der Waals surface area (Å²) in [4.78, 5) is 8.42. The van der Waals surface area contributed by atoms with Crippen LogP contribution in [0.4, 0.5) is 0 Å². The number of nitrogens with zero attached hydrogens (tertiary/aromatic N) is 3. The highest BCUT2D eigenvalue weighted by atomic mass is 127. The van der Waals surface area contributed by atoms with Crippen LogP contribution in [0.15, 0.2) is 36.9 Å². The maximum absolute atomic E-state index is 4.32. The van der Waals surface area contributed by atoms with Crippen LogP contribution in [0.5, 0.6) is 0 Å². The summed E-state index contributed by atoms with van der Waals surface area (Å²) in [7, 11) is 0. The Labute approximate surface area is 109 Å². The maximum Gasteiger partial charge on any atom is 0.341 e. The lowest BCUT2D eigenvalue weighted by Crippen LogP contribution is -2.23. The molecule has 0 aliphatic carbocycles. The first-order valence-corrected chi connectivity index (χ1v) is 5.96. The van der Waals surface area contributed by atoms with Crippen LogP contribution in [0.1, 0.15) is 0 Å². The summed E-state index contributed by atoms with van der Waals surface area (Å²) < 4.78 is 3.11. The second-order valence-corrected chi connectivity index (χ2v) is 4.81. The van der Waals surface area contributed by atoms with Gasteiger partial charge in [-0.05, 0) is 33.6 Å². The molecule has 0 aromatic carbocycles. The van der Waals surface area contributed by atoms with Gasteiger partial charge in [-0.2, -0.15) is 2.78 Å². The van der Waals surface area contributed by atoms with Crippen LogP contribution in [0.2, 0.25) is 0 Å². The van der Waals surface area contributed by atoms with Crippen molar-refractivity contribution in [3.05, 3.63) is 40.5 Å². The summed E-state index contributed by atoms with van der Waals surface area (Å²) in [6.07, 6.45) is 7.37. The standard InChI is InChI=1S/C9H6I2N3/c10-8-2-4-12-6-7(8)9-13-3-1-5-14(9)11/h1-6H/q+1. The molecule has 0 aliphatic heterocycles. The fraction of sp³-hybridized carbons (Fsp3) is 0. The van der Waals surface area contributed by atoms with Crippen LogP contribution >= 0.6 is 45.5 Å². The van der Waals surface area contributed by atoms with Gasteiger partial charge in [-0.1, -0.05) is 0 Å². The smallest absolute Gasteiger partial charge is 0.264 e. The van der Waals surface area contributed by atoms with E-state index >= 15 is 0 Å². The van der Waals surface area contributed by atoms with E-state index in [1.807, 2.05) is 27.3 Å². The third-order valence-corrected chi connectivity index (χ3v) is 3.43. The Hall–Kier alpha value is -0.310. The van der Waals surface area contributed by atoms with Crippen molar-refractivity contribution in [2.75, 3.05) is 0 Å². The molecule has 2 heterocycles. The predicted molar refractivity (Wildman–Crippen MR) is 69.8 cm³/mol. The molecule has 0 atom stereocenters. The van der Waals surface area contributed by atoms with E-state index in [9.17, 15) is 0 Å². The first-order valence-electron chi connectivity index (χ1n) is 3.92. The Kier molecular flexibility index (Phi) is 3.26. The predicted octanol–water partition coefficient (Wildman–Crippen LogP) is 2.23. The van der Waals surface area contributed by atoms with E-state index in [0.717, 1.165) is 15.0 Å². The summed E-state index contributed by atoms with van der Waals surface area (Å²) in [6.45, 7) is 0. The van der Waals surface area contributed by atoms with Gasteiger partial charge in [0.25, 0.3) is 0 Å². The Morgan fingerprint density at radius 1 is 1.29 bits per heavy atom. The highest BCUT2D eigenvalue weighted by Gasteiger charge is 2.15. The van der Waals surface area contributed by atoms with Crippen molar-refractivity contribution < 1.29 is 2.78 Å². The Morgan fingerprint density at radius 2 is 2.14 bits per heavy atom. The molecular formula is C9H6I2N3+. The highest BCUT2D eigenvalue weighted by molar-refractivity contribution is 14.1. The van der Waals surface area contributed by atoms with Gasteiger partial charge in [0.15, 0.2) is 0 Å². The number of halogens is 2. The van der Waals surface area contributed by atoms with Gasteiger partial charge in [0.05, 0.1) is 0 Å². The molecule has 0 N–H and O–H groups in total. The molecule has 0 fully saturated rings. The van der Waals surface area contributed by atoms with Crippen LogP contribution in [0, 0.1) is 3.57 Å². The van der Waals surface area contributed by atoms with E-state index in [2.05, 4.69) is 55.4 Å². The molecule has 2 aromatic heterocycles. The topological polar surface area (TPSA) is 29.7 Å².